The molecule has 1 N–H and O–H groups in total. The molecule has 0 aliphatic heterocycles. The molecule has 0 aromatic carbocycles. The number of carbonyl (C=O) groups excluding carboxylic acids is 1. The van der Waals surface area contributed by atoms with Crippen LogP contribution in [0.25, 0.3) is 0 Å². The van der Waals surface area contributed by atoms with Gasteiger partial charge in [-0.15, -0.1) is 0 Å². The van der Waals surface area contributed by atoms with Gasteiger partial charge in [0, 0.05) is 0 Å². The van der Waals surface area contributed by atoms with E-state index >= 15 is 0 Å². The summed E-state index contributed by atoms with van der Waals surface area (Å²) in [6, 6.07) is 0. The van der Waals surface area contributed by atoms with Crippen LogP contribution in [0.5, 0.6) is 0 Å². The fraction of sp³-hybridized carbons (Fsp3) is 0.667. The van der Waals surface area contributed by atoms with E-state index in [2.05, 4.69) is 0 Å². The Kier molecular flexibility index (Phi) is 6.01. The van der Waals surface area contributed by atoms with Crippen LogP contribution in [0, 0.1) is 0 Å². The zero-order valence-electron chi connectivity index (χ0n) is 4.29. The Balaban J connectivity index is 0. The number of carbonyl (C=O) groups is 1. The zero-order chi connectivity index (χ0) is 6.78. The summed E-state index contributed by atoms with van der Waals surface area (Å²) in [5.41, 5.74) is 0. The van der Waals surface area contributed by atoms with Crippen molar-refractivity contribution in [2.75, 3.05) is 5.75 Å². The van der Waals surface area contributed by atoms with Crippen molar-refractivity contribution in [3.63, 3.8) is 0 Å². The number of Topliss-reactive ketones (excluding diaryl/α,β-unsaturated/α-hetero) is 1. The van der Waals surface area contributed by atoms with E-state index in [-0.39, 0.29) is 29.6 Å². The molecule has 0 radical (unpaired) electrons. The van der Waals surface area contributed by atoms with Gasteiger partial charge in [0.2, 0.25) is 0 Å². The maximum atomic E-state index is 9.92. The van der Waals surface area contributed by atoms with Crippen LogP contribution in [0.4, 0.5) is 0 Å². The van der Waals surface area contributed by atoms with E-state index in [1.807, 2.05) is 0 Å². The molecule has 0 aromatic rings. The standard InChI is InChI=1S/C3H6O4S.Na.H/c1-3(4)2-8(5,6)7;;/h2H2,1H3,(H,5,6,7);;. The molecule has 0 bridgehead atoms. The van der Waals surface area contributed by atoms with Crippen molar-refractivity contribution in [2.24, 2.45) is 0 Å². The van der Waals surface area contributed by atoms with Crippen molar-refractivity contribution in [3.05, 3.63) is 0 Å². The molecule has 0 heterocycles. The van der Waals surface area contributed by atoms with Gasteiger partial charge in [-0.1, -0.05) is 0 Å². The Bertz CT molecular complexity index is 182. The Morgan fingerprint density at radius 3 is 1.89 bits per heavy atom. The van der Waals surface area contributed by atoms with Crippen molar-refractivity contribution in [1.29, 1.82) is 0 Å². The monoisotopic (exact) mass is 162 g/mol. The van der Waals surface area contributed by atoms with Crippen LogP contribution in [-0.4, -0.2) is 54.1 Å². The summed E-state index contributed by atoms with van der Waals surface area (Å²) in [5, 5.41) is 0. The number of ketones is 1. The second kappa shape index (κ2) is 4.40. The minimum absolute atomic E-state index is 0. The van der Waals surface area contributed by atoms with E-state index in [9.17, 15) is 13.2 Å². The molecule has 0 saturated heterocycles. The summed E-state index contributed by atoms with van der Waals surface area (Å²) in [7, 11) is -4.07. The van der Waals surface area contributed by atoms with Crippen LogP contribution in [0.3, 0.4) is 0 Å². The molecule has 0 amide bonds. The van der Waals surface area contributed by atoms with Gasteiger partial charge in [0.15, 0.2) is 0 Å². The van der Waals surface area contributed by atoms with E-state index in [1.165, 1.54) is 0 Å². The molecule has 0 rings (SSSR count). The Morgan fingerprint density at radius 2 is 1.89 bits per heavy atom. The predicted octanol–water partition coefficient (Wildman–Crippen LogP) is -1.19. The fourth-order valence-corrected chi connectivity index (χ4v) is 0.771. The average molecular weight is 162 g/mol. The van der Waals surface area contributed by atoms with Crippen molar-refractivity contribution in [1.82, 2.24) is 0 Å². The van der Waals surface area contributed by atoms with E-state index in [4.69, 9.17) is 4.55 Å². The summed E-state index contributed by atoms with van der Waals surface area (Å²) in [4.78, 5) is 9.92. The molecule has 0 aliphatic rings. The van der Waals surface area contributed by atoms with Gasteiger partial charge in [0.25, 0.3) is 10.1 Å². The molecule has 0 saturated carbocycles. The molecular formula is C3H7NaO4S. The topological polar surface area (TPSA) is 71.4 Å². The molecular weight excluding hydrogens is 155 g/mol. The van der Waals surface area contributed by atoms with Crippen LogP contribution >= 0.6 is 0 Å². The van der Waals surface area contributed by atoms with Gasteiger partial charge < -0.3 is 0 Å². The minimum atomic E-state index is -4.07. The molecule has 4 nitrogen and oxygen atoms in total. The van der Waals surface area contributed by atoms with Crippen molar-refractivity contribution < 1.29 is 17.8 Å². The number of hydrogen-bond acceptors (Lipinski definition) is 3. The SMILES string of the molecule is CC(=O)CS(=O)(=O)O.[NaH]. The molecule has 9 heavy (non-hydrogen) atoms. The first kappa shape index (κ1) is 12.3. The van der Waals surface area contributed by atoms with E-state index in [0.717, 1.165) is 6.92 Å². The first-order chi connectivity index (χ1) is 3.42. The Hall–Kier alpha value is 0.580. The van der Waals surface area contributed by atoms with E-state index in [1.54, 1.807) is 0 Å². The molecule has 0 aromatic heterocycles. The van der Waals surface area contributed by atoms with E-state index < -0.39 is 21.7 Å². The fourth-order valence-electron chi connectivity index (χ4n) is 0.257. The van der Waals surface area contributed by atoms with Gasteiger partial charge >= 0.3 is 29.6 Å². The Labute approximate surface area is 75.7 Å². The predicted molar refractivity (Wildman–Crippen MR) is 34.2 cm³/mol. The van der Waals surface area contributed by atoms with Crippen molar-refractivity contribution in [3.8, 4) is 0 Å². The number of rotatable bonds is 2. The first-order valence-electron chi connectivity index (χ1n) is 1.86. The van der Waals surface area contributed by atoms with Crippen molar-refractivity contribution in [2.45, 2.75) is 6.92 Å². The molecule has 0 atom stereocenters. The summed E-state index contributed by atoms with van der Waals surface area (Å²) >= 11 is 0. The summed E-state index contributed by atoms with van der Waals surface area (Å²) in [5.74, 6) is -1.35. The molecule has 50 valence electrons. The average Bonchev–Trinajstić information content (AvgIpc) is 1.21. The zero-order valence-corrected chi connectivity index (χ0v) is 5.10. The molecule has 0 unspecified atom stereocenters. The summed E-state index contributed by atoms with van der Waals surface area (Å²) in [6.45, 7) is 1.09. The van der Waals surface area contributed by atoms with Gasteiger partial charge in [0.1, 0.15) is 11.5 Å². The van der Waals surface area contributed by atoms with Gasteiger partial charge in [-0.25, -0.2) is 0 Å². The molecule has 0 aliphatic carbocycles. The van der Waals surface area contributed by atoms with Crippen LogP contribution in [0.2, 0.25) is 0 Å². The number of hydrogen-bond donors (Lipinski definition) is 1. The van der Waals surface area contributed by atoms with Crippen LogP contribution in [0.15, 0.2) is 0 Å². The van der Waals surface area contributed by atoms with E-state index in [0.29, 0.717) is 0 Å². The van der Waals surface area contributed by atoms with Crippen LogP contribution < -0.4 is 0 Å². The van der Waals surface area contributed by atoms with Gasteiger partial charge in [-0.05, 0) is 6.92 Å². The van der Waals surface area contributed by atoms with Gasteiger partial charge in [-0.2, -0.15) is 8.42 Å². The van der Waals surface area contributed by atoms with Crippen LogP contribution in [0.1, 0.15) is 6.92 Å². The third kappa shape index (κ3) is 11.9. The third-order valence-electron chi connectivity index (χ3n) is 0.386. The normalized spacial score (nSPS) is 10.0. The quantitative estimate of drug-likeness (QED) is 0.409. The molecule has 0 fully saturated rings. The van der Waals surface area contributed by atoms with Crippen LogP contribution in [-0.2, 0) is 14.9 Å². The van der Waals surface area contributed by atoms with Crippen molar-refractivity contribution >= 4 is 45.5 Å². The first-order valence-corrected chi connectivity index (χ1v) is 3.47. The molecule has 0 spiro atoms. The van der Waals surface area contributed by atoms with Gasteiger partial charge in [0.05, 0.1) is 0 Å². The second-order valence-corrected chi connectivity index (χ2v) is 2.88. The summed E-state index contributed by atoms with van der Waals surface area (Å²) < 4.78 is 27.5. The maximum absolute atomic E-state index is 9.92. The molecule has 6 heteroatoms. The van der Waals surface area contributed by atoms with Gasteiger partial charge in [-0.3, -0.25) is 9.35 Å². The summed E-state index contributed by atoms with van der Waals surface area (Å²) in [6.07, 6.45) is 0. The Morgan fingerprint density at radius 1 is 1.56 bits per heavy atom. The third-order valence-corrected chi connectivity index (χ3v) is 1.16. The second-order valence-electron chi connectivity index (χ2n) is 1.43.